The van der Waals surface area contributed by atoms with Crippen LogP contribution in [0, 0.1) is 0 Å². The van der Waals surface area contributed by atoms with Gasteiger partial charge in [0, 0.05) is 0 Å². The van der Waals surface area contributed by atoms with Crippen LogP contribution in [0.5, 0.6) is 0 Å². The zero-order valence-corrected chi connectivity index (χ0v) is 9.74. The molecule has 0 aliphatic rings. The highest BCUT2D eigenvalue weighted by molar-refractivity contribution is 6.68. The number of carbonyl (C=O) groups excluding carboxylic acids is 1. The van der Waals surface area contributed by atoms with Crippen LogP contribution in [0.25, 0.3) is 0 Å². The van der Waals surface area contributed by atoms with Gasteiger partial charge in [0.2, 0.25) is 3.79 Å². The standard InChI is InChI=1S/C6H11Cl3N2O2/c1-11(2)4(6(7,8)9)10-5(12)13-3/h4H,1-3H3,(H,10,12)/t4-/m0/s1. The number of nitrogens with zero attached hydrogens (tertiary/aromatic N) is 1. The van der Waals surface area contributed by atoms with E-state index in [1.807, 2.05) is 0 Å². The van der Waals surface area contributed by atoms with E-state index in [2.05, 4.69) is 10.1 Å². The zero-order valence-electron chi connectivity index (χ0n) is 7.47. The molecule has 1 atom stereocenters. The maximum Gasteiger partial charge on any atom is 0.408 e. The van der Waals surface area contributed by atoms with E-state index < -0.39 is 16.1 Å². The highest BCUT2D eigenvalue weighted by Crippen LogP contribution is 2.31. The first-order valence-corrected chi connectivity index (χ1v) is 4.50. The number of halogens is 3. The van der Waals surface area contributed by atoms with E-state index in [4.69, 9.17) is 34.8 Å². The Morgan fingerprint density at radius 1 is 1.46 bits per heavy atom. The minimum absolute atomic E-state index is 0.648. The first-order chi connectivity index (χ1) is 5.79. The van der Waals surface area contributed by atoms with E-state index in [0.29, 0.717) is 0 Å². The van der Waals surface area contributed by atoms with Crippen molar-refractivity contribution in [3.05, 3.63) is 0 Å². The summed E-state index contributed by atoms with van der Waals surface area (Å²) >= 11 is 16.8. The van der Waals surface area contributed by atoms with Crippen molar-refractivity contribution in [2.45, 2.75) is 9.96 Å². The van der Waals surface area contributed by atoms with Crippen molar-refractivity contribution in [1.82, 2.24) is 10.2 Å². The number of methoxy groups -OCH3 is 1. The summed E-state index contributed by atoms with van der Waals surface area (Å²) in [6.07, 6.45) is -1.38. The van der Waals surface area contributed by atoms with Crippen LogP contribution in [0.4, 0.5) is 4.79 Å². The van der Waals surface area contributed by atoms with Crippen LogP contribution in [-0.4, -0.2) is 42.2 Å². The molecule has 0 aromatic heterocycles. The number of hydrogen-bond donors (Lipinski definition) is 1. The number of alkyl carbamates (subject to hydrolysis) is 1. The molecule has 0 bridgehead atoms. The summed E-state index contributed by atoms with van der Waals surface area (Å²) in [5.41, 5.74) is 0. The van der Waals surface area contributed by atoms with Gasteiger partial charge in [-0.15, -0.1) is 0 Å². The third-order valence-electron chi connectivity index (χ3n) is 1.27. The number of alkyl halides is 3. The van der Waals surface area contributed by atoms with Gasteiger partial charge < -0.3 is 10.1 Å². The number of hydrogen-bond acceptors (Lipinski definition) is 3. The molecule has 78 valence electrons. The van der Waals surface area contributed by atoms with Crippen molar-refractivity contribution in [3.8, 4) is 0 Å². The van der Waals surface area contributed by atoms with E-state index in [-0.39, 0.29) is 0 Å². The second kappa shape index (κ2) is 5.10. The van der Waals surface area contributed by atoms with Gasteiger partial charge in [0.05, 0.1) is 7.11 Å². The predicted octanol–water partition coefficient (Wildman–Crippen LogP) is 1.60. The Kier molecular flexibility index (Phi) is 5.14. The van der Waals surface area contributed by atoms with Gasteiger partial charge in [-0.05, 0) is 14.1 Å². The quantitative estimate of drug-likeness (QED) is 0.597. The van der Waals surface area contributed by atoms with Gasteiger partial charge in [-0.3, -0.25) is 4.90 Å². The number of amides is 1. The molecular weight excluding hydrogens is 238 g/mol. The molecule has 0 fully saturated rings. The first-order valence-electron chi connectivity index (χ1n) is 3.36. The van der Waals surface area contributed by atoms with Crippen LogP contribution in [0.15, 0.2) is 0 Å². The third kappa shape index (κ3) is 4.76. The van der Waals surface area contributed by atoms with Crippen molar-refractivity contribution in [2.24, 2.45) is 0 Å². The van der Waals surface area contributed by atoms with E-state index in [9.17, 15) is 4.79 Å². The molecule has 1 amide bonds. The van der Waals surface area contributed by atoms with E-state index in [0.717, 1.165) is 0 Å². The third-order valence-corrected chi connectivity index (χ3v) is 1.89. The van der Waals surface area contributed by atoms with Crippen LogP contribution in [0.2, 0.25) is 0 Å². The molecule has 0 heterocycles. The monoisotopic (exact) mass is 248 g/mol. The summed E-state index contributed by atoms with van der Waals surface area (Å²) in [6, 6.07) is 0. The highest BCUT2D eigenvalue weighted by atomic mass is 35.6. The van der Waals surface area contributed by atoms with Crippen molar-refractivity contribution < 1.29 is 9.53 Å². The summed E-state index contributed by atoms with van der Waals surface area (Å²) < 4.78 is 2.77. The van der Waals surface area contributed by atoms with E-state index >= 15 is 0 Å². The molecule has 1 N–H and O–H groups in total. The van der Waals surface area contributed by atoms with E-state index in [1.165, 1.54) is 7.11 Å². The van der Waals surface area contributed by atoms with Crippen LogP contribution in [0.1, 0.15) is 0 Å². The van der Waals surface area contributed by atoms with Crippen molar-refractivity contribution in [3.63, 3.8) is 0 Å². The molecule has 0 aliphatic heterocycles. The van der Waals surface area contributed by atoms with Gasteiger partial charge in [-0.1, -0.05) is 34.8 Å². The number of rotatable bonds is 2. The minimum Gasteiger partial charge on any atom is -0.453 e. The summed E-state index contributed by atoms with van der Waals surface area (Å²) in [5, 5.41) is 2.38. The molecule has 7 heteroatoms. The molecule has 0 aromatic rings. The van der Waals surface area contributed by atoms with Gasteiger partial charge in [0.1, 0.15) is 6.17 Å². The zero-order chi connectivity index (χ0) is 10.6. The lowest BCUT2D eigenvalue weighted by Gasteiger charge is -2.30. The van der Waals surface area contributed by atoms with Crippen molar-refractivity contribution in [1.29, 1.82) is 0 Å². The Morgan fingerprint density at radius 2 is 1.92 bits per heavy atom. The number of ether oxygens (including phenoxy) is 1. The van der Waals surface area contributed by atoms with Gasteiger partial charge in [0.25, 0.3) is 0 Å². The molecule has 0 aliphatic carbocycles. The normalized spacial score (nSPS) is 14.1. The van der Waals surface area contributed by atoms with Crippen LogP contribution < -0.4 is 5.32 Å². The molecule has 0 rings (SSSR count). The summed E-state index contributed by atoms with van der Waals surface area (Å²) in [6.45, 7) is 0. The number of nitrogens with one attached hydrogen (secondary N) is 1. The fraction of sp³-hybridized carbons (Fsp3) is 0.833. The van der Waals surface area contributed by atoms with Crippen molar-refractivity contribution >= 4 is 40.9 Å². The summed E-state index contributed by atoms with van der Waals surface area (Å²) in [7, 11) is 4.57. The Labute approximate surface area is 92.1 Å². The molecule has 0 saturated carbocycles. The molecule has 0 spiro atoms. The molecule has 0 radical (unpaired) electrons. The summed E-state index contributed by atoms with van der Waals surface area (Å²) in [5.74, 6) is 0. The van der Waals surface area contributed by atoms with E-state index in [1.54, 1.807) is 19.0 Å². The maximum absolute atomic E-state index is 10.8. The Bertz CT molecular complexity index is 181. The first kappa shape index (κ1) is 13.1. The minimum atomic E-state index is -1.60. The fourth-order valence-electron chi connectivity index (χ4n) is 0.674. The van der Waals surface area contributed by atoms with Gasteiger partial charge in [-0.25, -0.2) is 4.79 Å². The lowest BCUT2D eigenvalue weighted by atomic mass is 10.5. The largest absolute Gasteiger partial charge is 0.453 e. The lowest BCUT2D eigenvalue weighted by molar-refractivity contribution is 0.150. The van der Waals surface area contributed by atoms with Crippen molar-refractivity contribution in [2.75, 3.05) is 21.2 Å². The second-order valence-electron chi connectivity index (χ2n) is 2.54. The molecule has 4 nitrogen and oxygen atoms in total. The molecule has 13 heavy (non-hydrogen) atoms. The molecule has 0 unspecified atom stereocenters. The second-order valence-corrected chi connectivity index (χ2v) is 4.91. The predicted molar refractivity (Wildman–Crippen MR) is 53.3 cm³/mol. The fourth-order valence-corrected chi connectivity index (χ4v) is 1.42. The van der Waals surface area contributed by atoms with Crippen LogP contribution in [0.3, 0.4) is 0 Å². The van der Waals surface area contributed by atoms with Gasteiger partial charge in [-0.2, -0.15) is 0 Å². The Morgan fingerprint density at radius 3 is 2.15 bits per heavy atom. The Balaban J connectivity index is 4.36. The molecule has 0 aromatic carbocycles. The number of carbonyl (C=O) groups is 1. The highest BCUT2D eigenvalue weighted by Gasteiger charge is 2.35. The maximum atomic E-state index is 10.8. The van der Waals surface area contributed by atoms with Crippen LogP contribution >= 0.6 is 34.8 Å². The average Bonchev–Trinajstić information content (AvgIpc) is 1.96. The lowest BCUT2D eigenvalue weighted by Crippen LogP contribution is -2.52. The summed E-state index contributed by atoms with van der Waals surface area (Å²) in [4.78, 5) is 12.4. The smallest absolute Gasteiger partial charge is 0.408 e. The topological polar surface area (TPSA) is 41.6 Å². The SMILES string of the molecule is COC(=O)N[C@@H](N(C)C)C(Cl)(Cl)Cl. The average molecular weight is 250 g/mol. The molecule has 0 saturated heterocycles. The van der Waals surface area contributed by atoms with Gasteiger partial charge in [0.15, 0.2) is 0 Å². The van der Waals surface area contributed by atoms with Crippen LogP contribution in [-0.2, 0) is 4.74 Å². The Hall–Kier alpha value is 0.1000. The van der Waals surface area contributed by atoms with Gasteiger partial charge >= 0.3 is 6.09 Å². The molecular formula is C6H11Cl3N2O2.